The predicted octanol–water partition coefficient (Wildman–Crippen LogP) is 5.24. The summed E-state index contributed by atoms with van der Waals surface area (Å²) in [4.78, 5) is 0. The molecule has 1 N–H and O–H groups in total. The van der Waals surface area contributed by atoms with E-state index >= 15 is 0 Å². The zero-order valence-corrected chi connectivity index (χ0v) is 14.3. The van der Waals surface area contributed by atoms with Crippen molar-refractivity contribution in [1.29, 1.82) is 0 Å². The zero-order valence-electron chi connectivity index (χ0n) is 13.5. The molecule has 23 heavy (non-hydrogen) atoms. The number of fused-ring (bicyclic) bond motifs is 3. The molecule has 1 heterocycles. The van der Waals surface area contributed by atoms with Gasteiger partial charge in [-0.2, -0.15) is 0 Å². The van der Waals surface area contributed by atoms with E-state index in [1.807, 2.05) is 23.9 Å². The first kappa shape index (κ1) is 15.1. The number of thioether (sulfide) groups is 1. The molecule has 2 nitrogen and oxygen atoms in total. The van der Waals surface area contributed by atoms with Crippen molar-refractivity contribution in [3.8, 4) is 5.75 Å². The average Bonchev–Trinajstić information content (AvgIpc) is 2.55. The van der Waals surface area contributed by atoms with Gasteiger partial charge in [-0.3, -0.25) is 0 Å². The predicted molar refractivity (Wildman–Crippen MR) is 94.6 cm³/mol. The van der Waals surface area contributed by atoms with E-state index < -0.39 is 0 Å². The Hall–Kier alpha value is -1.45. The van der Waals surface area contributed by atoms with Gasteiger partial charge in [0.25, 0.3) is 0 Å². The Kier molecular flexibility index (Phi) is 3.66. The van der Waals surface area contributed by atoms with Gasteiger partial charge >= 0.3 is 0 Å². The van der Waals surface area contributed by atoms with Gasteiger partial charge in [-0.1, -0.05) is 56.3 Å². The van der Waals surface area contributed by atoms with E-state index in [1.165, 1.54) is 11.1 Å². The van der Waals surface area contributed by atoms with Gasteiger partial charge in [0.2, 0.25) is 0 Å². The summed E-state index contributed by atoms with van der Waals surface area (Å²) < 4.78 is 6.69. The first-order valence-electron chi connectivity index (χ1n) is 8.25. The number of rotatable bonds is 1. The van der Waals surface area contributed by atoms with Gasteiger partial charge in [-0.05, 0) is 35.6 Å². The summed E-state index contributed by atoms with van der Waals surface area (Å²) in [6, 6.07) is 16.3. The molecule has 0 amide bonds. The lowest BCUT2D eigenvalue weighted by Crippen LogP contribution is -2.42. The highest BCUT2D eigenvalue weighted by atomic mass is 32.2. The quantitative estimate of drug-likeness (QED) is 0.777. The Labute approximate surface area is 141 Å². The highest BCUT2D eigenvalue weighted by Gasteiger charge is 2.47. The van der Waals surface area contributed by atoms with Gasteiger partial charge < -0.3 is 9.84 Å². The van der Waals surface area contributed by atoms with Crippen LogP contribution in [0.2, 0.25) is 0 Å². The Bertz CT molecular complexity index is 711. The second-order valence-electron chi connectivity index (χ2n) is 7.01. The van der Waals surface area contributed by atoms with Gasteiger partial charge in [0.1, 0.15) is 11.2 Å². The third kappa shape index (κ3) is 2.56. The Morgan fingerprint density at radius 2 is 1.87 bits per heavy atom. The molecule has 3 heteroatoms. The minimum absolute atomic E-state index is 0.0424. The number of hydrogen-bond acceptors (Lipinski definition) is 3. The van der Waals surface area contributed by atoms with Crippen molar-refractivity contribution in [3.63, 3.8) is 0 Å². The minimum atomic E-state index is 0.0424. The molecule has 3 atom stereocenters. The van der Waals surface area contributed by atoms with E-state index in [0.717, 1.165) is 18.4 Å². The molecule has 4 rings (SSSR count). The lowest BCUT2D eigenvalue weighted by molar-refractivity contribution is -0.0378. The third-order valence-corrected chi connectivity index (χ3v) is 6.72. The smallest absolute Gasteiger partial charge is 0.129 e. The van der Waals surface area contributed by atoms with Gasteiger partial charge in [-0.15, -0.1) is 11.8 Å². The van der Waals surface area contributed by atoms with Crippen LogP contribution in [0.5, 0.6) is 5.75 Å². The van der Waals surface area contributed by atoms with E-state index in [1.54, 1.807) is 6.07 Å². The molecule has 0 saturated carbocycles. The van der Waals surface area contributed by atoms with Crippen molar-refractivity contribution in [2.24, 2.45) is 5.92 Å². The van der Waals surface area contributed by atoms with Crippen LogP contribution >= 0.6 is 11.8 Å². The van der Waals surface area contributed by atoms with E-state index in [2.05, 4.69) is 44.2 Å². The first-order chi connectivity index (χ1) is 11.1. The van der Waals surface area contributed by atoms with Gasteiger partial charge in [0.15, 0.2) is 0 Å². The number of benzene rings is 2. The zero-order chi connectivity index (χ0) is 16.0. The summed E-state index contributed by atoms with van der Waals surface area (Å²) in [7, 11) is 0. The molecule has 2 aliphatic rings. The van der Waals surface area contributed by atoms with Crippen LogP contribution in [-0.4, -0.2) is 9.85 Å². The molecular weight excluding hydrogens is 304 g/mol. The summed E-state index contributed by atoms with van der Waals surface area (Å²) in [5.74, 6) is 0.888. The lowest BCUT2D eigenvalue weighted by atomic mass is 9.75. The normalized spacial score (nSPS) is 28.7. The van der Waals surface area contributed by atoms with Crippen LogP contribution in [-0.2, 0) is 11.2 Å². The maximum absolute atomic E-state index is 10.2. The van der Waals surface area contributed by atoms with Gasteiger partial charge in [0.05, 0.1) is 6.10 Å². The molecule has 2 aromatic rings. The van der Waals surface area contributed by atoms with Crippen molar-refractivity contribution in [3.05, 3.63) is 65.2 Å². The summed E-state index contributed by atoms with van der Waals surface area (Å²) >= 11 is 1.92. The van der Waals surface area contributed by atoms with Crippen molar-refractivity contribution in [2.75, 3.05) is 0 Å². The van der Waals surface area contributed by atoms with Crippen LogP contribution in [0.25, 0.3) is 0 Å². The van der Waals surface area contributed by atoms with E-state index in [4.69, 9.17) is 4.74 Å². The Balaban J connectivity index is 1.75. The van der Waals surface area contributed by atoms with Gasteiger partial charge in [-0.25, -0.2) is 0 Å². The molecule has 1 aliphatic heterocycles. The summed E-state index contributed by atoms with van der Waals surface area (Å²) in [5, 5.41) is 10.2. The SMILES string of the molecule is CC1(C)S[C@H](c2ccccc2)O[C@H]2c3cccc(O)c3CC[C@H]21. The van der Waals surface area contributed by atoms with Gasteiger partial charge in [0, 0.05) is 10.7 Å². The molecule has 120 valence electrons. The van der Waals surface area contributed by atoms with Crippen LogP contribution in [0.1, 0.15) is 48.5 Å². The highest BCUT2D eigenvalue weighted by molar-refractivity contribution is 8.00. The average molecular weight is 326 g/mol. The number of hydrogen-bond donors (Lipinski definition) is 1. The molecule has 0 aromatic heterocycles. The van der Waals surface area contributed by atoms with Crippen molar-refractivity contribution in [2.45, 2.75) is 43.0 Å². The van der Waals surface area contributed by atoms with Crippen LogP contribution in [0.15, 0.2) is 48.5 Å². The largest absolute Gasteiger partial charge is 0.508 e. The Morgan fingerprint density at radius 3 is 2.65 bits per heavy atom. The monoisotopic (exact) mass is 326 g/mol. The van der Waals surface area contributed by atoms with E-state index in [0.29, 0.717) is 11.7 Å². The molecule has 0 radical (unpaired) electrons. The molecular formula is C20H22O2S. The highest BCUT2D eigenvalue weighted by Crippen LogP contribution is 2.58. The van der Waals surface area contributed by atoms with E-state index in [9.17, 15) is 5.11 Å². The molecule has 0 spiro atoms. The maximum Gasteiger partial charge on any atom is 0.129 e. The van der Waals surface area contributed by atoms with Crippen LogP contribution in [0, 0.1) is 5.92 Å². The topological polar surface area (TPSA) is 29.5 Å². The number of phenols is 1. The fourth-order valence-electron chi connectivity index (χ4n) is 3.96. The molecule has 1 fully saturated rings. The summed E-state index contributed by atoms with van der Waals surface area (Å²) in [6.07, 6.45) is 2.07. The standard InChI is InChI=1S/C20H22O2S/c1-20(2)16-12-11-14-15(9-6-10-17(14)21)18(16)22-19(23-20)13-7-4-3-5-8-13/h3-10,16,18-19,21H,11-12H2,1-2H3/t16-,18+,19-/m1/s1. The second kappa shape index (κ2) is 5.57. The summed E-state index contributed by atoms with van der Waals surface area (Å²) in [5.41, 5.74) is 3.51. The molecule has 1 aliphatic carbocycles. The Morgan fingerprint density at radius 1 is 1.09 bits per heavy atom. The minimum Gasteiger partial charge on any atom is -0.508 e. The first-order valence-corrected chi connectivity index (χ1v) is 9.13. The third-order valence-electron chi connectivity index (χ3n) is 5.21. The fraction of sp³-hybridized carbons (Fsp3) is 0.400. The number of phenolic OH excluding ortho intramolecular Hbond substituents is 1. The van der Waals surface area contributed by atoms with Crippen LogP contribution < -0.4 is 0 Å². The molecule has 0 bridgehead atoms. The fourth-order valence-corrected chi connectivity index (χ4v) is 5.40. The molecule has 0 unspecified atom stereocenters. The maximum atomic E-state index is 10.2. The molecule has 1 saturated heterocycles. The van der Waals surface area contributed by atoms with Crippen LogP contribution in [0.4, 0.5) is 0 Å². The van der Waals surface area contributed by atoms with Crippen molar-refractivity contribution in [1.82, 2.24) is 0 Å². The van der Waals surface area contributed by atoms with Crippen molar-refractivity contribution >= 4 is 11.8 Å². The lowest BCUT2D eigenvalue weighted by Gasteiger charge is -2.49. The summed E-state index contributed by atoms with van der Waals surface area (Å²) in [6.45, 7) is 4.67. The molecule has 2 aromatic carbocycles. The number of aromatic hydroxyl groups is 1. The van der Waals surface area contributed by atoms with E-state index in [-0.39, 0.29) is 16.3 Å². The number of ether oxygens (including phenoxy) is 1. The van der Waals surface area contributed by atoms with Crippen LogP contribution in [0.3, 0.4) is 0 Å². The second-order valence-corrected chi connectivity index (χ2v) is 8.73. The van der Waals surface area contributed by atoms with Crippen molar-refractivity contribution < 1.29 is 9.84 Å².